The highest BCUT2D eigenvalue weighted by atomic mass is 16.4. The molecule has 0 amide bonds. The van der Waals surface area contributed by atoms with Gasteiger partial charge in [-0.05, 0) is 69.4 Å². The van der Waals surface area contributed by atoms with Crippen LogP contribution in [0.15, 0.2) is 0 Å². The van der Waals surface area contributed by atoms with Gasteiger partial charge in [0, 0.05) is 6.54 Å². The third-order valence-electron chi connectivity index (χ3n) is 5.85. The first-order chi connectivity index (χ1) is 10.5. The number of nitrogens with zero attached hydrogens (tertiary/aromatic N) is 1. The van der Waals surface area contributed by atoms with Crippen LogP contribution in [0.1, 0.15) is 38.5 Å². The predicted molar refractivity (Wildman–Crippen MR) is 80.6 cm³/mol. The second-order valence-corrected chi connectivity index (χ2v) is 7.23. The molecule has 0 unspecified atom stereocenters. The minimum Gasteiger partial charge on any atom is -0.480 e. The smallest absolute Gasteiger partial charge is 0.320 e. The molecule has 2 saturated heterocycles. The number of rotatable bonds is 4. The van der Waals surface area contributed by atoms with Crippen LogP contribution in [0, 0.1) is 17.8 Å². The fourth-order valence-corrected chi connectivity index (χ4v) is 4.67. The van der Waals surface area contributed by atoms with Crippen molar-refractivity contribution in [2.24, 2.45) is 17.8 Å². The lowest BCUT2D eigenvalue weighted by molar-refractivity contribution is -0.143. The van der Waals surface area contributed by atoms with Crippen molar-refractivity contribution in [3.05, 3.63) is 0 Å². The molecule has 0 aromatic heterocycles. The third-order valence-corrected chi connectivity index (χ3v) is 5.85. The van der Waals surface area contributed by atoms with Crippen LogP contribution in [0.25, 0.3) is 0 Å². The van der Waals surface area contributed by atoms with E-state index in [1.807, 2.05) is 0 Å². The van der Waals surface area contributed by atoms with Gasteiger partial charge < -0.3 is 15.5 Å². The Hall–Kier alpha value is -1.14. The summed E-state index contributed by atoms with van der Waals surface area (Å²) < 4.78 is 0. The number of nitrogens with one attached hydrogen (secondary N) is 1. The molecule has 1 aliphatic carbocycles. The van der Waals surface area contributed by atoms with Crippen LogP contribution in [0.4, 0.5) is 0 Å². The highest BCUT2D eigenvalue weighted by Gasteiger charge is 2.39. The molecule has 1 saturated carbocycles. The molecule has 0 spiro atoms. The van der Waals surface area contributed by atoms with E-state index in [9.17, 15) is 19.8 Å². The van der Waals surface area contributed by atoms with Crippen molar-refractivity contribution in [3.63, 3.8) is 0 Å². The van der Waals surface area contributed by atoms with E-state index in [0.29, 0.717) is 17.8 Å². The molecular weight excluding hydrogens is 284 g/mol. The van der Waals surface area contributed by atoms with Gasteiger partial charge in [0.2, 0.25) is 0 Å². The molecule has 3 rings (SSSR count). The Balaban J connectivity index is 1.56. The summed E-state index contributed by atoms with van der Waals surface area (Å²) in [5.74, 6) is 0.159. The maximum Gasteiger partial charge on any atom is 0.320 e. The number of likely N-dealkylation sites (tertiary alicyclic amines) is 1. The van der Waals surface area contributed by atoms with E-state index in [0.717, 1.165) is 58.2 Å². The van der Waals surface area contributed by atoms with Gasteiger partial charge in [0.05, 0.1) is 0 Å². The molecule has 3 N–H and O–H groups in total. The number of fused-ring (bicyclic) bond motifs is 1. The molecule has 2 aliphatic heterocycles. The highest BCUT2D eigenvalue weighted by molar-refractivity contribution is 5.74. The Morgan fingerprint density at radius 1 is 1.05 bits per heavy atom. The van der Waals surface area contributed by atoms with Gasteiger partial charge in [-0.15, -0.1) is 0 Å². The quantitative estimate of drug-likeness (QED) is 0.718. The largest absolute Gasteiger partial charge is 0.480 e. The average molecular weight is 310 g/mol. The highest BCUT2D eigenvalue weighted by Crippen LogP contribution is 2.39. The van der Waals surface area contributed by atoms with E-state index < -0.39 is 18.0 Å². The number of carboxylic acid groups (broad SMARTS) is 2. The SMILES string of the molecule is O=C(O)[C@@H]1C[C@H]2C[C@@H](CN3CCC[C@H]3C(=O)O)CC[C@H]2CN1. The summed E-state index contributed by atoms with van der Waals surface area (Å²) in [6.07, 6.45) is 5.79. The summed E-state index contributed by atoms with van der Waals surface area (Å²) in [6, 6.07) is -0.712. The van der Waals surface area contributed by atoms with Gasteiger partial charge >= 0.3 is 11.9 Å². The fraction of sp³-hybridized carbons (Fsp3) is 0.875. The van der Waals surface area contributed by atoms with Gasteiger partial charge in [-0.3, -0.25) is 14.5 Å². The minimum atomic E-state index is -0.744. The van der Waals surface area contributed by atoms with Gasteiger partial charge in [0.15, 0.2) is 0 Å². The summed E-state index contributed by atoms with van der Waals surface area (Å²) in [4.78, 5) is 24.6. The van der Waals surface area contributed by atoms with Gasteiger partial charge in [-0.25, -0.2) is 0 Å². The second kappa shape index (κ2) is 6.54. The number of hydrogen-bond acceptors (Lipinski definition) is 4. The molecule has 0 aromatic rings. The molecule has 6 heteroatoms. The monoisotopic (exact) mass is 310 g/mol. The summed E-state index contributed by atoms with van der Waals surface area (Å²) >= 11 is 0. The minimum absolute atomic E-state index is 0.308. The molecule has 6 nitrogen and oxygen atoms in total. The lowest BCUT2D eigenvalue weighted by Gasteiger charge is -2.42. The molecule has 0 bridgehead atoms. The molecule has 5 atom stereocenters. The van der Waals surface area contributed by atoms with Crippen molar-refractivity contribution in [2.45, 2.75) is 50.6 Å². The lowest BCUT2D eigenvalue weighted by Crippen LogP contribution is -2.50. The molecule has 22 heavy (non-hydrogen) atoms. The normalized spacial score (nSPS) is 39.4. The van der Waals surface area contributed by atoms with E-state index in [4.69, 9.17) is 0 Å². The second-order valence-electron chi connectivity index (χ2n) is 7.23. The van der Waals surface area contributed by atoms with Crippen LogP contribution >= 0.6 is 0 Å². The maximum atomic E-state index is 11.3. The van der Waals surface area contributed by atoms with Crippen molar-refractivity contribution < 1.29 is 19.8 Å². The average Bonchev–Trinajstić information content (AvgIpc) is 2.94. The molecule has 0 radical (unpaired) electrons. The Bertz CT molecular complexity index is 442. The van der Waals surface area contributed by atoms with E-state index in [1.54, 1.807) is 0 Å². The number of carbonyl (C=O) groups is 2. The van der Waals surface area contributed by atoms with Crippen molar-refractivity contribution >= 4 is 11.9 Å². The third kappa shape index (κ3) is 3.27. The summed E-state index contributed by atoms with van der Waals surface area (Å²) in [5, 5.41) is 21.6. The van der Waals surface area contributed by atoms with Crippen LogP contribution in [-0.4, -0.2) is 58.8 Å². The Morgan fingerprint density at radius 3 is 2.59 bits per heavy atom. The van der Waals surface area contributed by atoms with Crippen molar-refractivity contribution in [1.82, 2.24) is 10.2 Å². The molecule has 3 aliphatic rings. The summed E-state index contributed by atoms with van der Waals surface area (Å²) in [5.41, 5.74) is 0. The number of hydrogen-bond donors (Lipinski definition) is 3. The van der Waals surface area contributed by atoms with E-state index >= 15 is 0 Å². The van der Waals surface area contributed by atoms with Gasteiger partial charge in [0.25, 0.3) is 0 Å². The van der Waals surface area contributed by atoms with Gasteiger partial charge in [-0.2, -0.15) is 0 Å². The van der Waals surface area contributed by atoms with Crippen LogP contribution in [0.5, 0.6) is 0 Å². The summed E-state index contributed by atoms with van der Waals surface area (Å²) in [6.45, 7) is 2.57. The van der Waals surface area contributed by atoms with Crippen molar-refractivity contribution in [1.29, 1.82) is 0 Å². The van der Waals surface area contributed by atoms with Crippen LogP contribution in [-0.2, 0) is 9.59 Å². The van der Waals surface area contributed by atoms with Crippen LogP contribution in [0.2, 0.25) is 0 Å². The van der Waals surface area contributed by atoms with Crippen LogP contribution in [0.3, 0.4) is 0 Å². The first-order valence-electron chi connectivity index (χ1n) is 8.47. The van der Waals surface area contributed by atoms with E-state index in [-0.39, 0.29) is 6.04 Å². The number of aliphatic carboxylic acids is 2. The fourth-order valence-electron chi connectivity index (χ4n) is 4.67. The topological polar surface area (TPSA) is 89.9 Å². The zero-order chi connectivity index (χ0) is 15.7. The van der Waals surface area contributed by atoms with Crippen LogP contribution < -0.4 is 5.32 Å². The standard InChI is InChI=1S/C16H26N2O4/c19-15(20)13-7-12-6-10(3-4-11(12)8-17-13)9-18-5-1-2-14(18)16(21)22/h10-14,17H,1-9H2,(H,19,20)(H,21,22)/t10-,11-,12+,13-,14-/m0/s1. The lowest BCUT2D eigenvalue weighted by atomic mass is 9.69. The summed E-state index contributed by atoms with van der Waals surface area (Å²) in [7, 11) is 0. The number of carboxylic acids is 2. The molecule has 2 heterocycles. The molecule has 0 aromatic carbocycles. The Kier molecular flexibility index (Phi) is 4.68. The Labute approximate surface area is 130 Å². The Morgan fingerprint density at radius 2 is 1.86 bits per heavy atom. The first kappa shape index (κ1) is 15.7. The zero-order valence-electron chi connectivity index (χ0n) is 12.9. The van der Waals surface area contributed by atoms with Crippen molar-refractivity contribution in [3.8, 4) is 0 Å². The zero-order valence-corrected chi connectivity index (χ0v) is 12.9. The first-order valence-corrected chi connectivity index (χ1v) is 8.47. The predicted octanol–water partition coefficient (Wildman–Crippen LogP) is 1.01. The molecule has 124 valence electrons. The molecular formula is C16H26N2O4. The molecule has 3 fully saturated rings. The van der Waals surface area contributed by atoms with Gasteiger partial charge in [0.1, 0.15) is 12.1 Å². The van der Waals surface area contributed by atoms with Gasteiger partial charge in [-0.1, -0.05) is 0 Å². The van der Waals surface area contributed by atoms with E-state index in [1.165, 1.54) is 0 Å². The van der Waals surface area contributed by atoms with Crippen molar-refractivity contribution in [2.75, 3.05) is 19.6 Å². The maximum absolute atomic E-state index is 11.3. The number of piperidine rings is 1. The van der Waals surface area contributed by atoms with E-state index in [2.05, 4.69) is 10.2 Å².